The number of rotatable bonds is 3. The zero-order valence-corrected chi connectivity index (χ0v) is 10.8. The first kappa shape index (κ1) is 12.9. The molecule has 0 amide bonds. The topological polar surface area (TPSA) is 85.4 Å². The molecule has 21 heavy (non-hydrogen) atoms. The van der Waals surface area contributed by atoms with Gasteiger partial charge in [0, 0.05) is 23.3 Å². The highest BCUT2D eigenvalue weighted by Gasteiger charge is 2.20. The Balaban J connectivity index is 2.35. The Morgan fingerprint density at radius 3 is 2.48 bits per heavy atom. The summed E-state index contributed by atoms with van der Waals surface area (Å²) in [4.78, 5) is 21.8. The number of nitro groups is 1. The van der Waals surface area contributed by atoms with Crippen LogP contribution < -0.4 is 0 Å². The van der Waals surface area contributed by atoms with Gasteiger partial charge in [-0.1, -0.05) is 18.2 Å². The maximum Gasteiger partial charge on any atom is 0.335 e. The van der Waals surface area contributed by atoms with Crippen LogP contribution >= 0.6 is 0 Å². The van der Waals surface area contributed by atoms with E-state index in [4.69, 9.17) is 5.11 Å². The second-order valence-electron chi connectivity index (χ2n) is 4.52. The van der Waals surface area contributed by atoms with Crippen LogP contribution in [0.3, 0.4) is 0 Å². The number of carboxylic acids is 1. The van der Waals surface area contributed by atoms with Crippen LogP contribution in [0.25, 0.3) is 16.6 Å². The Morgan fingerprint density at radius 1 is 1.14 bits per heavy atom. The molecule has 0 atom stereocenters. The molecule has 1 N–H and O–H groups in total. The third kappa shape index (κ3) is 2.12. The summed E-state index contributed by atoms with van der Waals surface area (Å²) in [5, 5.41) is 20.8. The molecule has 3 aromatic rings. The molecule has 0 aliphatic heterocycles. The summed E-state index contributed by atoms with van der Waals surface area (Å²) in [6.07, 6.45) is 1.69. The first-order chi connectivity index (χ1) is 10.1. The molecule has 1 aromatic heterocycles. The number of carbonyl (C=O) groups is 1. The molecule has 0 spiro atoms. The number of nitrogens with zero attached hydrogens (tertiary/aromatic N) is 2. The van der Waals surface area contributed by atoms with Gasteiger partial charge >= 0.3 is 5.97 Å². The van der Waals surface area contributed by atoms with Crippen molar-refractivity contribution in [1.82, 2.24) is 4.57 Å². The van der Waals surface area contributed by atoms with Crippen molar-refractivity contribution in [2.24, 2.45) is 0 Å². The Bertz CT molecular complexity index is 853. The molecular weight excluding hydrogens is 272 g/mol. The number of hydrogen-bond donors (Lipinski definition) is 1. The molecule has 0 fully saturated rings. The summed E-state index contributed by atoms with van der Waals surface area (Å²) >= 11 is 0. The van der Waals surface area contributed by atoms with Crippen LogP contribution in [0.1, 0.15) is 10.4 Å². The van der Waals surface area contributed by atoms with Crippen LogP contribution in [0.5, 0.6) is 0 Å². The fourth-order valence-corrected chi connectivity index (χ4v) is 2.33. The standard InChI is InChI=1S/C15H10N2O4/c18-15(19)11-8-10-6-7-16(12-4-2-1-3-5-12)14(10)13(9-11)17(20)21/h1-9H,(H,18,19). The van der Waals surface area contributed by atoms with E-state index in [1.165, 1.54) is 6.07 Å². The van der Waals surface area contributed by atoms with Crippen LogP contribution in [0.15, 0.2) is 54.7 Å². The molecule has 0 saturated heterocycles. The highest BCUT2D eigenvalue weighted by molar-refractivity contribution is 5.98. The SMILES string of the molecule is O=C(O)c1cc([N+](=O)[O-])c2c(ccn2-c2ccccc2)c1. The largest absolute Gasteiger partial charge is 0.478 e. The van der Waals surface area contributed by atoms with Gasteiger partial charge < -0.3 is 9.67 Å². The summed E-state index contributed by atoms with van der Waals surface area (Å²) in [5.74, 6) is -1.19. The fraction of sp³-hybridized carbons (Fsp3) is 0. The second kappa shape index (κ2) is 4.75. The molecule has 104 valence electrons. The summed E-state index contributed by atoms with van der Waals surface area (Å²) < 4.78 is 1.68. The number of hydrogen-bond acceptors (Lipinski definition) is 3. The van der Waals surface area contributed by atoms with E-state index >= 15 is 0 Å². The minimum Gasteiger partial charge on any atom is -0.478 e. The van der Waals surface area contributed by atoms with Gasteiger partial charge in [-0.2, -0.15) is 0 Å². The van der Waals surface area contributed by atoms with Gasteiger partial charge in [0.15, 0.2) is 0 Å². The minimum atomic E-state index is -1.19. The van der Waals surface area contributed by atoms with E-state index in [-0.39, 0.29) is 11.3 Å². The van der Waals surface area contributed by atoms with Crippen molar-refractivity contribution in [3.05, 3.63) is 70.4 Å². The summed E-state index contributed by atoms with van der Waals surface area (Å²) in [7, 11) is 0. The average Bonchev–Trinajstić information content (AvgIpc) is 2.90. The van der Waals surface area contributed by atoms with Gasteiger partial charge in [-0.05, 0) is 24.3 Å². The zero-order valence-electron chi connectivity index (χ0n) is 10.8. The molecule has 0 aliphatic rings. The first-order valence-electron chi connectivity index (χ1n) is 6.16. The summed E-state index contributed by atoms with van der Waals surface area (Å²) in [6, 6.07) is 13.4. The smallest absolute Gasteiger partial charge is 0.335 e. The first-order valence-corrected chi connectivity index (χ1v) is 6.16. The van der Waals surface area contributed by atoms with Gasteiger partial charge in [0.1, 0.15) is 5.52 Å². The van der Waals surface area contributed by atoms with E-state index in [9.17, 15) is 14.9 Å². The number of fused-ring (bicyclic) bond motifs is 1. The average molecular weight is 282 g/mol. The van der Waals surface area contributed by atoms with Crippen LogP contribution in [0, 0.1) is 10.1 Å². The number of aromatic carboxylic acids is 1. The molecule has 0 saturated carbocycles. The maximum atomic E-state index is 11.3. The van der Waals surface area contributed by atoms with E-state index in [0.717, 1.165) is 11.8 Å². The number of aromatic nitrogens is 1. The van der Waals surface area contributed by atoms with E-state index in [1.54, 1.807) is 16.8 Å². The Kier molecular flexibility index (Phi) is 2.91. The van der Waals surface area contributed by atoms with Crippen molar-refractivity contribution in [3.63, 3.8) is 0 Å². The quantitative estimate of drug-likeness (QED) is 0.590. The lowest BCUT2D eigenvalue weighted by molar-refractivity contribution is -0.383. The molecule has 0 aliphatic carbocycles. The predicted octanol–water partition coefficient (Wildman–Crippen LogP) is 3.24. The maximum absolute atomic E-state index is 11.3. The van der Waals surface area contributed by atoms with Crippen molar-refractivity contribution in [2.45, 2.75) is 0 Å². The summed E-state index contributed by atoms with van der Waals surface area (Å²) in [6.45, 7) is 0. The van der Waals surface area contributed by atoms with E-state index in [0.29, 0.717) is 10.9 Å². The number of carboxylic acid groups (broad SMARTS) is 1. The third-order valence-electron chi connectivity index (χ3n) is 3.24. The van der Waals surface area contributed by atoms with Gasteiger partial charge in [0.05, 0.1) is 10.5 Å². The molecular formula is C15H10N2O4. The normalized spacial score (nSPS) is 10.7. The van der Waals surface area contributed by atoms with Crippen LogP contribution in [0.4, 0.5) is 5.69 Å². The second-order valence-corrected chi connectivity index (χ2v) is 4.52. The molecule has 1 heterocycles. The Morgan fingerprint density at radius 2 is 1.86 bits per heavy atom. The van der Waals surface area contributed by atoms with E-state index in [1.807, 2.05) is 30.3 Å². The lowest BCUT2D eigenvalue weighted by Crippen LogP contribution is -2.01. The van der Waals surface area contributed by atoms with Gasteiger partial charge in [-0.3, -0.25) is 10.1 Å². The highest BCUT2D eigenvalue weighted by atomic mass is 16.6. The number of non-ortho nitro benzene ring substituents is 1. The lowest BCUT2D eigenvalue weighted by Gasteiger charge is -2.06. The number of benzene rings is 2. The number of para-hydroxylation sites is 1. The van der Waals surface area contributed by atoms with Crippen molar-refractivity contribution in [3.8, 4) is 5.69 Å². The minimum absolute atomic E-state index is 0.0972. The highest BCUT2D eigenvalue weighted by Crippen LogP contribution is 2.30. The van der Waals surface area contributed by atoms with Gasteiger partial charge in [-0.25, -0.2) is 4.79 Å². The zero-order chi connectivity index (χ0) is 15.0. The van der Waals surface area contributed by atoms with Crippen molar-refractivity contribution in [2.75, 3.05) is 0 Å². The predicted molar refractivity (Wildman–Crippen MR) is 76.9 cm³/mol. The van der Waals surface area contributed by atoms with Crippen LogP contribution in [-0.2, 0) is 0 Å². The van der Waals surface area contributed by atoms with E-state index < -0.39 is 10.9 Å². The molecule has 2 aromatic carbocycles. The van der Waals surface area contributed by atoms with Crippen molar-refractivity contribution >= 4 is 22.6 Å². The molecule has 3 rings (SSSR count). The van der Waals surface area contributed by atoms with Crippen molar-refractivity contribution in [1.29, 1.82) is 0 Å². The van der Waals surface area contributed by atoms with E-state index in [2.05, 4.69) is 0 Å². The van der Waals surface area contributed by atoms with Gasteiger partial charge in [0.2, 0.25) is 0 Å². The van der Waals surface area contributed by atoms with Crippen LogP contribution in [0.2, 0.25) is 0 Å². The molecule has 0 unspecified atom stereocenters. The van der Waals surface area contributed by atoms with Gasteiger partial charge in [-0.15, -0.1) is 0 Å². The summed E-state index contributed by atoms with van der Waals surface area (Å²) in [5.41, 5.74) is 0.841. The molecule has 0 radical (unpaired) electrons. The third-order valence-corrected chi connectivity index (χ3v) is 3.24. The lowest BCUT2D eigenvalue weighted by atomic mass is 10.1. The van der Waals surface area contributed by atoms with Crippen molar-refractivity contribution < 1.29 is 14.8 Å². The van der Waals surface area contributed by atoms with Crippen LogP contribution in [-0.4, -0.2) is 20.6 Å². The van der Waals surface area contributed by atoms with Gasteiger partial charge in [0.25, 0.3) is 5.69 Å². The molecule has 0 bridgehead atoms. The number of nitro benzene ring substituents is 1. The monoisotopic (exact) mass is 282 g/mol. The molecule has 6 nitrogen and oxygen atoms in total. The fourth-order valence-electron chi connectivity index (χ4n) is 2.33. The Hall–Kier alpha value is -3.15. The molecule has 6 heteroatoms. The Labute approximate surface area is 119 Å².